The molecule has 6 nitrogen and oxygen atoms in total. The van der Waals surface area contributed by atoms with Crippen LogP contribution in [0.1, 0.15) is 25.2 Å². The highest BCUT2D eigenvalue weighted by Crippen LogP contribution is 2.17. The second-order valence-electron chi connectivity index (χ2n) is 5.46. The van der Waals surface area contributed by atoms with E-state index in [9.17, 15) is 9.18 Å². The zero-order valence-electron chi connectivity index (χ0n) is 12.6. The first kappa shape index (κ1) is 15.6. The highest BCUT2D eigenvalue weighted by Gasteiger charge is 2.16. The van der Waals surface area contributed by atoms with Crippen molar-refractivity contribution in [3.63, 3.8) is 0 Å². The lowest BCUT2D eigenvalue weighted by Gasteiger charge is -2.09. The maximum absolute atomic E-state index is 13.2. The lowest BCUT2D eigenvalue weighted by molar-refractivity contribution is -0.121. The Hall–Kier alpha value is -2.28. The minimum atomic E-state index is -0.359. The fraction of sp³-hybridized carbons (Fsp3) is 0.438. The molecule has 1 aromatic carbocycles. The monoisotopic (exact) mass is 319 g/mol. The van der Waals surface area contributed by atoms with E-state index in [0.29, 0.717) is 30.2 Å². The highest BCUT2D eigenvalue weighted by atomic mass is 19.1. The number of carbonyl (C=O) groups is 1. The summed E-state index contributed by atoms with van der Waals surface area (Å²) in [5, 5.41) is 6.65. The summed E-state index contributed by atoms with van der Waals surface area (Å²) in [4.78, 5) is 16.0. The van der Waals surface area contributed by atoms with Crippen molar-refractivity contribution in [1.82, 2.24) is 15.5 Å². The summed E-state index contributed by atoms with van der Waals surface area (Å²) in [5.41, 5.74) is 0.544. The molecule has 1 aromatic heterocycles. The highest BCUT2D eigenvalue weighted by molar-refractivity contribution is 5.76. The molecule has 0 radical (unpaired) electrons. The van der Waals surface area contributed by atoms with Crippen LogP contribution in [0.25, 0.3) is 11.4 Å². The van der Waals surface area contributed by atoms with Crippen LogP contribution in [-0.2, 0) is 16.0 Å². The van der Waals surface area contributed by atoms with Crippen LogP contribution in [0.5, 0.6) is 0 Å². The fourth-order valence-corrected chi connectivity index (χ4v) is 2.44. The SMILES string of the molecule is O=C(CCc1nc(-c2cccc(F)c2)no1)NC[C@@H]1CCCO1. The Bertz CT molecular complexity index is 668. The topological polar surface area (TPSA) is 77.2 Å². The number of amides is 1. The zero-order valence-corrected chi connectivity index (χ0v) is 12.6. The van der Waals surface area contributed by atoms with Gasteiger partial charge in [-0.25, -0.2) is 4.39 Å². The first-order chi connectivity index (χ1) is 11.2. The van der Waals surface area contributed by atoms with E-state index in [1.54, 1.807) is 12.1 Å². The summed E-state index contributed by atoms with van der Waals surface area (Å²) in [6.45, 7) is 1.31. The number of ether oxygens (including phenoxy) is 1. The maximum Gasteiger partial charge on any atom is 0.227 e. The molecule has 1 aliphatic heterocycles. The van der Waals surface area contributed by atoms with Crippen molar-refractivity contribution in [1.29, 1.82) is 0 Å². The van der Waals surface area contributed by atoms with Crippen LogP contribution in [-0.4, -0.2) is 35.3 Å². The predicted octanol–water partition coefficient (Wildman–Crippen LogP) is 2.10. The normalized spacial score (nSPS) is 17.3. The van der Waals surface area contributed by atoms with Crippen LogP contribution in [0.3, 0.4) is 0 Å². The Morgan fingerprint density at radius 3 is 3.13 bits per heavy atom. The second kappa shape index (κ2) is 7.32. The molecular formula is C16H18FN3O3. The van der Waals surface area contributed by atoms with Gasteiger partial charge in [0.25, 0.3) is 0 Å². The molecule has 1 saturated heterocycles. The smallest absolute Gasteiger partial charge is 0.227 e. The van der Waals surface area contributed by atoms with Gasteiger partial charge in [-0.05, 0) is 25.0 Å². The minimum absolute atomic E-state index is 0.0778. The Kier molecular flexibility index (Phi) is 4.97. The number of benzene rings is 1. The van der Waals surface area contributed by atoms with Gasteiger partial charge in [0.05, 0.1) is 6.10 Å². The van der Waals surface area contributed by atoms with Gasteiger partial charge in [-0.15, -0.1) is 0 Å². The summed E-state index contributed by atoms with van der Waals surface area (Å²) >= 11 is 0. The van der Waals surface area contributed by atoms with Gasteiger partial charge in [-0.1, -0.05) is 17.3 Å². The predicted molar refractivity (Wildman–Crippen MR) is 80.0 cm³/mol. The Morgan fingerprint density at radius 1 is 1.43 bits per heavy atom. The fourth-order valence-electron chi connectivity index (χ4n) is 2.44. The van der Waals surface area contributed by atoms with Crippen molar-refractivity contribution in [3.05, 3.63) is 36.0 Å². The molecule has 7 heteroatoms. The third-order valence-corrected chi connectivity index (χ3v) is 3.67. The Balaban J connectivity index is 1.48. The van der Waals surface area contributed by atoms with Gasteiger partial charge in [0.2, 0.25) is 17.6 Å². The van der Waals surface area contributed by atoms with Crippen molar-refractivity contribution in [2.75, 3.05) is 13.2 Å². The summed E-state index contributed by atoms with van der Waals surface area (Å²) in [7, 11) is 0. The molecule has 0 bridgehead atoms. The van der Waals surface area contributed by atoms with E-state index in [-0.39, 0.29) is 24.2 Å². The van der Waals surface area contributed by atoms with E-state index in [1.807, 2.05) is 0 Å². The van der Waals surface area contributed by atoms with Gasteiger partial charge in [0, 0.05) is 31.6 Å². The Morgan fingerprint density at radius 2 is 2.35 bits per heavy atom. The van der Waals surface area contributed by atoms with Crippen molar-refractivity contribution in [2.45, 2.75) is 31.8 Å². The number of halogens is 1. The second-order valence-corrected chi connectivity index (χ2v) is 5.46. The van der Waals surface area contributed by atoms with Crippen LogP contribution in [0.4, 0.5) is 4.39 Å². The maximum atomic E-state index is 13.2. The van der Waals surface area contributed by atoms with Crippen molar-refractivity contribution in [2.24, 2.45) is 0 Å². The van der Waals surface area contributed by atoms with E-state index in [1.165, 1.54) is 12.1 Å². The molecule has 1 amide bonds. The molecule has 1 aliphatic rings. The molecule has 1 atom stereocenters. The first-order valence-electron chi connectivity index (χ1n) is 7.67. The first-order valence-corrected chi connectivity index (χ1v) is 7.67. The number of rotatable bonds is 6. The largest absolute Gasteiger partial charge is 0.376 e. The van der Waals surface area contributed by atoms with Gasteiger partial charge >= 0.3 is 0 Å². The molecular weight excluding hydrogens is 301 g/mol. The lowest BCUT2D eigenvalue weighted by Crippen LogP contribution is -2.31. The summed E-state index contributed by atoms with van der Waals surface area (Å²) in [6, 6.07) is 5.97. The lowest BCUT2D eigenvalue weighted by atomic mass is 10.2. The Labute approximate surface area is 133 Å². The summed E-state index contributed by atoms with van der Waals surface area (Å²) in [5.74, 6) is 0.240. The minimum Gasteiger partial charge on any atom is -0.376 e. The van der Waals surface area contributed by atoms with Crippen molar-refractivity contribution >= 4 is 5.91 Å². The molecule has 23 heavy (non-hydrogen) atoms. The van der Waals surface area contributed by atoms with Gasteiger partial charge in [-0.2, -0.15) is 4.98 Å². The molecule has 3 rings (SSSR count). The molecule has 1 fully saturated rings. The van der Waals surface area contributed by atoms with Gasteiger partial charge < -0.3 is 14.6 Å². The number of nitrogens with zero attached hydrogens (tertiary/aromatic N) is 2. The van der Waals surface area contributed by atoms with Gasteiger partial charge in [-0.3, -0.25) is 4.79 Å². The number of nitrogens with one attached hydrogen (secondary N) is 1. The van der Waals surface area contributed by atoms with Crippen LogP contribution >= 0.6 is 0 Å². The summed E-state index contributed by atoms with van der Waals surface area (Å²) < 4.78 is 23.7. The molecule has 122 valence electrons. The quantitative estimate of drug-likeness (QED) is 0.882. The molecule has 0 saturated carbocycles. The van der Waals surface area contributed by atoms with E-state index in [0.717, 1.165) is 19.4 Å². The van der Waals surface area contributed by atoms with E-state index < -0.39 is 0 Å². The number of aromatic nitrogens is 2. The van der Waals surface area contributed by atoms with Crippen molar-refractivity contribution in [3.8, 4) is 11.4 Å². The summed E-state index contributed by atoms with van der Waals surface area (Å²) in [6.07, 6.45) is 2.77. The van der Waals surface area contributed by atoms with Gasteiger partial charge in [0.1, 0.15) is 5.82 Å². The van der Waals surface area contributed by atoms with Crippen LogP contribution < -0.4 is 5.32 Å². The zero-order chi connectivity index (χ0) is 16.1. The van der Waals surface area contributed by atoms with Gasteiger partial charge in [0.15, 0.2) is 0 Å². The average molecular weight is 319 g/mol. The number of aryl methyl sites for hydroxylation is 1. The third kappa shape index (κ3) is 4.35. The number of hydrogen-bond donors (Lipinski definition) is 1. The molecule has 0 unspecified atom stereocenters. The molecule has 2 heterocycles. The van der Waals surface area contributed by atoms with Crippen LogP contribution in [0.15, 0.2) is 28.8 Å². The van der Waals surface area contributed by atoms with E-state index >= 15 is 0 Å². The number of hydrogen-bond acceptors (Lipinski definition) is 5. The average Bonchev–Trinajstić information content (AvgIpc) is 3.22. The van der Waals surface area contributed by atoms with Crippen molar-refractivity contribution < 1.29 is 18.4 Å². The van der Waals surface area contributed by atoms with Crippen LogP contribution in [0, 0.1) is 5.82 Å². The number of carbonyl (C=O) groups excluding carboxylic acids is 1. The van der Waals surface area contributed by atoms with E-state index in [4.69, 9.17) is 9.26 Å². The standard InChI is InChI=1S/C16H18FN3O3/c17-12-4-1-3-11(9-12)16-19-15(23-20-16)7-6-14(21)18-10-13-5-2-8-22-13/h1,3-4,9,13H,2,5-8,10H2,(H,18,21)/t13-/m0/s1. The van der Waals surface area contributed by atoms with Crippen LogP contribution in [0.2, 0.25) is 0 Å². The molecule has 0 aliphatic carbocycles. The third-order valence-electron chi connectivity index (χ3n) is 3.67. The molecule has 0 spiro atoms. The van der Waals surface area contributed by atoms with E-state index in [2.05, 4.69) is 15.5 Å². The molecule has 1 N–H and O–H groups in total. The molecule has 2 aromatic rings.